The van der Waals surface area contributed by atoms with Crippen LogP contribution in [0.15, 0.2) is 30.6 Å². The molecule has 0 spiro atoms. The van der Waals surface area contributed by atoms with Crippen LogP contribution in [0.5, 0.6) is 0 Å². The van der Waals surface area contributed by atoms with E-state index in [4.69, 9.17) is 4.74 Å². The van der Waals surface area contributed by atoms with Crippen molar-refractivity contribution in [2.45, 2.75) is 19.8 Å². The first kappa shape index (κ1) is 14.6. The molecule has 2 aromatic heterocycles. The first-order valence-electron chi connectivity index (χ1n) is 6.95. The molecule has 2 heterocycles. The maximum Gasteiger partial charge on any atom is 0.255 e. The molecule has 0 fully saturated rings. The van der Waals surface area contributed by atoms with Gasteiger partial charge in [0.1, 0.15) is 0 Å². The van der Waals surface area contributed by atoms with Gasteiger partial charge in [-0.3, -0.25) is 4.79 Å². The van der Waals surface area contributed by atoms with Crippen molar-refractivity contribution >= 4 is 11.4 Å². The van der Waals surface area contributed by atoms with Crippen molar-refractivity contribution in [1.29, 1.82) is 0 Å². The molecule has 1 amide bonds. The summed E-state index contributed by atoms with van der Waals surface area (Å²) in [7, 11) is 3.55. The normalized spacial score (nSPS) is 10.9. The number of amides is 1. The number of fused-ring (bicyclic) bond motifs is 1. The van der Waals surface area contributed by atoms with E-state index in [1.165, 1.54) is 5.56 Å². The number of carbonyl (C=O) groups is 1. The van der Waals surface area contributed by atoms with Crippen molar-refractivity contribution in [1.82, 2.24) is 9.30 Å². The number of nitrogens with zero attached hydrogens (tertiary/aromatic N) is 2. The van der Waals surface area contributed by atoms with E-state index >= 15 is 0 Å². The van der Waals surface area contributed by atoms with Gasteiger partial charge < -0.3 is 14.0 Å². The molecule has 0 aliphatic carbocycles. The van der Waals surface area contributed by atoms with E-state index in [0.29, 0.717) is 0 Å². The van der Waals surface area contributed by atoms with E-state index < -0.39 is 0 Å². The molecule has 0 saturated heterocycles. The molecule has 4 heteroatoms. The Labute approximate surface area is 120 Å². The van der Waals surface area contributed by atoms with Gasteiger partial charge in [-0.1, -0.05) is 6.07 Å². The van der Waals surface area contributed by atoms with Gasteiger partial charge in [0, 0.05) is 45.2 Å². The summed E-state index contributed by atoms with van der Waals surface area (Å²) >= 11 is 0. The first-order valence-corrected chi connectivity index (χ1v) is 6.95. The number of rotatable bonds is 6. The number of hydrogen-bond acceptors (Lipinski definition) is 2. The van der Waals surface area contributed by atoms with E-state index in [-0.39, 0.29) is 5.91 Å². The molecule has 20 heavy (non-hydrogen) atoms. The average molecular weight is 274 g/mol. The lowest BCUT2D eigenvalue weighted by Crippen LogP contribution is -2.27. The summed E-state index contributed by atoms with van der Waals surface area (Å²) in [6, 6.07) is 6.01. The third-order valence-corrected chi connectivity index (χ3v) is 3.53. The summed E-state index contributed by atoms with van der Waals surface area (Å²) < 4.78 is 7.02. The number of pyridine rings is 1. The number of hydrogen-bond donors (Lipinski definition) is 0. The van der Waals surface area contributed by atoms with Crippen LogP contribution >= 0.6 is 0 Å². The maximum absolute atomic E-state index is 12.4. The van der Waals surface area contributed by atoms with Crippen LogP contribution in [-0.2, 0) is 4.74 Å². The fraction of sp³-hybridized carbons (Fsp3) is 0.438. The van der Waals surface area contributed by atoms with Crippen LogP contribution in [0.1, 0.15) is 28.8 Å². The summed E-state index contributed by atoms with van der Waals surface area (Å²) in [5, 5.41) is 0. The zero-order chi connectivity index (χ0) is 14.5. The Morgan fingerprint density at radius 3 is 2.90 bits per heavy atom. The Hall–Kier alpha value is -1.81. The Morgan fingerprint density at radius 2 is 2.20 bits per heavy atom. The largest absolute Gasteiger partial charge is 0.385 e. The summed E-state index contributed by atoms with van der Waals surface area (Å²) in [4.78, 5) is 14.1. The number of ether oxygens (including phenoxy) is 1. The molecule has 0 N–H and O–H groups in total. The second kappa shape index (κ2) is 6.57. The van der Waals surface area contributed by atoms with E-state index in [9.17, 15) is 4.79 Å². The van der Waals surface area contributed by atoms with Crippen LogP contribution in [0.4, 0.5) is 0 Å². The minimum atomic E-state index is 0.0746. The van der Waals surface area contributed by atoms with Crippen LogP contribution in [0.2, 0.25) is 0 Å². The lowest BCUT2D eigenvalue weighted by molar-refractivity contribution is 0.0788. The molecule has 2 rings (SSSR count). The van der Waals surface area contributed by atoms with Crippen molar-refractivity contribution in [2.75, 3.05) is 27.3 Å². The molecule has 0 bridgehead atoms. The number of aromatic nitrogens is 1. The minimum absolute atomic E-state index is 0.0746. The Kier molecular flexibility index (Phi) is 4.79. The molecule has 0 aromatic carbocycles. The molecule has 0 aliphatic rings. The molecular formula is C16H22N2O2. The standard InChI is InChI=1S/C16H22N2O2/c1-13-7-6-9-18-12-14(11-15(13)18)16(19)17(2)8-4-5-10-20-3/h6-7,9,11-12H,4-5,8,10H2,1-3H3. The fourth-order valence-corrected chi connectivity index (χ4v) is 2.32. The summed E-state index contributed by atoms with van der Waals surface area (Å²) in [5.74, 6) is 0.0746. The van der Waals surface area contributed by atoms with Gasteiger partial charge in [0.2, 0.25) is 0 Å². The summed E-state index contributed by atoms with van der Waals surface area (Å²) in [5.41, 5.74) is 3.01. The second-order valence-electron chi connectivity index (χ2n) is 5.14. The Balaban J connectivity index is 2.05. The lowest BCUT2D eigenvalue weighted by Gasteiger charge is -2.16. The monoisotopic (exact) mass is 274 g/mol. The topological polar surface area (TPSA) is 34.0 Å². The van der Waals surface area contributed by atoms with Crippen molar-refractivity contribution in [2.24, 2.45) is 0 Å². The Bertz CT molecular complexity index is 589. The predicted molar refractivity (Wildman–Crippen MR) is 80.2 cm³/mol. The van der Waals surface area contributed by atoms with Crippen molar-refractivity contribution in [3.8, 4) is 0 Å². The molecular weight excluding hydrogens is 252 g/mol. The second-order valence-corrected chi connectivity index (χ2v) is 5.14. The van der Waals surface area contributed by atoms with E-state index in [1.54, 1.807) is 12.0 Å². The zero-order valence-electron chi connectivity index (χ0n) is 12.4. The molecule has 0 aliphatic heterocycles. The van der Waals surface area contributed by atoms with E-state index in [2.05, 4.69) is 13.0 Å². The average Bonchev–Trinajstić information content (AvgIpc) is 2.88. The third-order valence-electron chi connectivity index (χ3n) is 3.53. The first-order chi connectivity index (χ1) is 9.63. The number of aryl methyl sites for hydroxylation is 1. The summed E-state index contributed by atoms with van der Waals surface area (Å²) in [6.45, 7) is 3.56. The lowest BCUT2D eigenvalue weighted by atomic mass is 10.2. The number of methoxy groups -OCH3 is 1. The van der Waals surface area contributed by atoms with Gasteiger partial charge in [0.05, 0.1) is 5.56 Å². The summed E-state index contributed by atoms with van der Waals surface area (Å²) in [6.07, 6.45) is 5.81. The van der Waals surface area contributed by atoms with E-state index in [0.717, 1.165) is 37.1 Å². The minimum Gasteiger partial charge on any atom is -0.385 e. The number of carbonyl (C=O) groups excluding carboxylic acids is 1. The highest BCUT2D eigenvalue weighted by molar-refractivity contribution is 5.95. The van der Waals surface area contributed by atoms with Crippen molar-refractivity contribution < 1.29 is 9.53 Å². The molecule has 2 aromatic rings. The molecule has 108 valence electrons. The molecule has 0 unspecified atom stereocenters. The van der Waals surface area contributed by atoms with Gasteiger partial charge in [-0.2, -0.15) is 0 Å². The van der Waals surface area contributed by atoms with Crippen molar-refractivity contribution in [3.05, 3.63) is 41.7 Å². The van der Waals surface area contributed by atoms with Crippen LogP contribution < -0.4 is 0 Å². The highest BCUT2D eigenvalue weighted by Crippen LogP contribution is 2.15. The quantitative estimate of drug-likeness (QED) is 0.759. The van der Waals surface area contributed by atoms with Crippen LogP contribution in [0, 0.1) is 6.92 Å². The van der Waals surface area contributed by atoms with Crippen LogP contribution in [0.3, 0.4) is 0 Å². The van der Waals surface area contributed by atoms with Gasteiger partial charge in [-0.15, -0.1) is 0 Å². The smallest absolute Gasteiger partial charge is 0.255 e. The van der Waals surface area contributed by atoms with Crippen molar-refractivity contribution in [3.63, 3.8) is 0 Å². The molecule has 0 saturated carbocycles. The van der Waals surface area contributed by atoms with Gasteiger partial charge >= 0.3 is 0 Å². The highest BCUT2D eigenvalue weighted by atomic mass is 16.5. The van der Waals surface area contributed by atoms with Crippen LogP contribution in [0.25, 0.3) is 5.52 Å². The van der Waals surface area contributed by atoms with E-state index in [1.807, 2.05) is 36.0 Å². The third kappa shape index (κ3) is 3.20. The maximum atomic E-state index is 12.4. The van der Waals surface area contributed by atoms with Gasteiger partial charge in [-0.05, 0) is 37.5 Å². The zero-order valence-corrected chi connectivity index (χ0v) is 12.4. The Morgan fingerprint density at radius 1 is 1.40 bits per heavy atom. The van der Waals surface area contributed by atoms with Gasteiger partial charge in [0.15, 0.2) is 0 Å². The SMILES string of the molecule is COCCCCN(C)C(=O)c1cc2c(C)cccn2c1. The fourth-order valence-electron chi connectivity index (χ4n) is 2.32. The highest BCUT2D eigenvalue weighted by Gasteiger charge is 2.13. The van der Waals surface area contributed by atoms with Gasteiger partial charge in [-0.25, -0.2) is 0 Å². The molecule has 4 nitrogen and oxygen atoms in total. The molecule has 0 radical (unpaired) electrons. The predicted octanol–water partition coefficient (Wildman–Crippen LogP) is 2.75. The van der Waals surface area contributed by atoms with Crippen LogP contribution in [-0.4, -0.2) is 42.5 Å². The van der Waals surface area contributed by atoms with Gasteiger partial charge in [0.25, 0.3) is 5.91 Å². The molecule has 0 atom stereocenters. The number of unbranched alkanes of at least 4 members (excludes halogenated alkanes) is 1.